The highest BCUT2D eigenvalue weighted by atomic mass is 79.9. The van der Waals surface area contributed by atoms with Crippen LogP contribution in [0.4, 0.5) is 5.69 Å². The van der Waals surface area contributed by atoms with E-state index >= 15 is 0 Å². The Balaban J connectivity index is 1.66. The third-order valence-corrected chi connectivity index (χ3v) is 6.23. The summed E-state index contributed by atoms with van der Waals surface area (Å²) in [5.74, 6) is 0.656. The van der Waals surface area contributed by atoms with E-state index in [1.165, 1.54) is 11.8 Å². The van der Waals surface area contributed by atoms with Crippen LogP contribution in [0.1, 0.15) is 11.1 Å². The number of halogens is 1. The number of phenolic OH excluding ortho intramolecular Hbond substituents is 1. The number of rotatable bonds is 6. The van der Waals surface area contributed by atoms with Crippen molar-refractivity contribution in [1.82, 2.24) is 14.8 Å². The summed E-state index contributed by atoms with van der Waals surface area (Å²) in [4.78, 5) is 12.5. The van der Waals surface area contributed by atoms with Crippen molar-refractivity contribution >= 4 is 39.3 Å². The Morgan fingerprint density at radius 1 is 1.06 bits per heavy atom. The molecule has 0 bridgehead atoms. The van der Waals surface area contributed by atoms with E-state index in [-0.39, 0.29) is 17.4 Å². The number of benzene rings is 3. The molecule has 162 valence electrons. The maximum absolute atomic E-state index is 12.5. The van der Waals surface area contributed by atoms with Crippen LogP contribution >= 0.6 is 27.7 Å². The number of hydrogen-bond donors (Lipinski definition) is 2. The van der Waals surface area contributed by atoms with Crippen molar-refractivity contribution in [3.8, 4) is 22.8 Å². The first-order valence-electron chi connectivity index (χ1n) is 9.92. The smallest absolute Gasteiger partial charge is 0.234 e. The lowest BCUT2D eigenvalue weighted by Gasteiger charge is -2.14. The van der Waals surface area contributed by atoms with E-state index in [0.29, 0.717) is 16.5 Å². The lowest BCUT2D eigenvalue weighted by molar-refractivity contribution is -0.113. The van der Waals surface area contributed by atoms with Gasteiger partial charge >= 0.3 is 0 Å². The van der Waals surface area contributed by atoms with Gasteiger partial charge in [0.15, 0.2) is 11.0 Å². The first-order valence-corrected chi connectivity index (χ1v) is 11.7. The van der Waals surface area contributed by atoms with Crippen molar-refractivity contribution in [3.63, 3.8) is 0 Å². The molecule has 0 aliphatic carbocycles. The number of nitrogens with zero attached hydrogens (tertiary/aromatic N) is 3. The molecular formula is C24H21BrN4O2S. The minimum Gasteiger partial charge on any atom is -0.507 e. The minimum atomic E-state index is -0.146. The quantitative estimate of drug-likeness (QED) is 0.324. The molecule has 1 aromatic heterocycles. The second-order valence-corrected chi connectivity index (χ2v) is 9.15. The van der Waals surface area contributed by atoms with Gasteiger partial charge in [0.1, 0.15) is 5.75 Å². The highest BCUT2D eigenvalue weighted by Gasteiger charge is 2.20. The number of hydrogen-bond acceptors (Lipinski definition) is 5. The van der Waals surface area contributed by atoms with Crippen LogP contribution < -0.4 is 5.32 Å². The molecule has 0 aliphatic rings. The van der Waals surface area contributed by atoms with E-state index in [1.54, 1.807) is 18.2 Å². The molecule has 0 saturated carbocycles. The number of anilines is 1. The van der Waals surface area contributed by atoms with E-state index in [0.717, 1.165) is 27.0 Å². The summed E-state index contributed by atoms with van der Waals surface area (Å²) in [7, 11) is 0. The topological polar surface area (TPSA) is 80.0 Å². The zero-order valence-corrected chi connectivity index (χ0v) is 19.9. The van der Waals surface area contributed by atoms with E-state index < -0.39 is 0 Å². The molecule has 2 N–H and O–H groups in total. The average molecular weight is 509 g/mol. The molecule has 1 heterocycles. The number of amides is 1. The third kappa shape index (κ3) is 4.87. The molecule has 0 saturated heterocycles. The fraction of sp³-hybridized carbons (Fsp3) is 0.125. The molecule has 3 aromatic carbocycles. The number of aromatic nitrogens is 3. The third-order valence-electron chi connectivity index (χ3n) is 4.81. The number of aromatic hydroxyl groups is 1. The van der Waals surface area contributed by atoms with Crippen molar-refractivity contribution in [2.24, 2.45) is 0 Å². The Kier molecular flexibility index (Phi) is 6.62. The van der Waals surface area contributed by atoms with Gasteiger partial charge in [-0.15, -0.1) is 10.2 Å². The van der Waals surface area contributed by atoms with Gasteiger partial charge in [0.2, 0.25) is 5.91 Å². The van der Waals surface area contributed by atoms with Crippen LogP contribution in [0.15, 0.2) is 76.4 Å². The van der Waals surface area contributed by atoms with Crippen LogP contribution in [-0.2, 0) is 4.79 Å². The van der Waals surface area contributed by atoms with Gasteiger partial charge in [-0.2, -0.15) is 0 Å². The molecule has 4 aromatic rings. The standard InChI is InChI=1S/C24H21BrN4O2S/c1-15-10-11-20(16(2)12-15)29-23(19-8-3-4-9-21(19)30)27-28-24(29)32-14-22(31)26-18-7-5-6-17(25)13-18/h3-13,30H,14H2,1-2H3,(H,26,31). The molecule has 0 fully saturated rings. The average Bonchev–Trinajstić information content (AvgIpc) is 3.16. The second kappa shape index (κ2) is 9.58. The maximum Gasteiger partial charge on any atom is 0.234 e. The molecule has 1 amide bonds. The van der Waals surface area contributed by atoms with Gasteiger partial charge in [0.25, 0.3) is 0 Å². The predicted molar refractivity (Wildman–Crippen MR) is 131 cm³/mol. The normalized spacial score (nSPS) is 10.8. The number of nitrogens with one attached hydrogen (secondary N) is 1. The summed E-state index contributed by atoms with van der Waals surface area (Å²) in [5, 5.41) is 22.6. The second-order valence-electron chi connectivity index (χ2n) is 7.30. The molecule has 4 rings (SSSR count). The van der Waals surface area contributed by atoms with Crippen molar-refractivity contribution in [3.05, 3.63) is 82.3 Å². The molecule has 0 atom stereocenters. The summed E-state index contributed by atoms with van der Waals surface area (Å²) in [6, 6.07) is 20.6. The van der Waals surface area contributed by atoms with Gasteiger partial charge in [-0.3, -0.25) is 9.36 Å². The lowest BCUT2D eigenvalue weighted by atomic mass is 10.1. The molecule has 6 nitrogen and oxygen atoms in total. The molecule has 0 unspecified atom stereocenters. The highest BCUT2D eigenvalue weighted by molar-refractivity contribution is 9.10. The number of para-hydroxylation sites is 1. The SMILES string of the molecule is Cc1ccc(-n2c(SCC(=O)Nc3cccc(Br)c3)nnc2-c2ccccc2O)c(C)c1. The van der Waals surface area contributed by atoms with Gasteiger partial charge in [0.05, 0.1) is 17.0 Å². The Morgan fingerprint density at radius 3 is 2.62 bits per heavy atom. The largest absolute Gasteiger partial charge is 0.507 e. The monoisotopic (exact) mass is 508 g/mol. The van der Waals surface area contributed by atoms with Crippen molar-refractivity contribution in [1.29, 1.82) is 0 Å². The summed E-state index contributed by atoms with van der Waals surface area (Å²) in [5.41, 5.74) is 4.38. The van der Waals surface area contributed by atoms with Gasteiger partial charge in [-0.25, -0.2) is 0 Å². The molecule has 0 spiro atoms. The summed E-state index contributed by atoms with van der Waals surface area (Å²) < 4.78 is 2.78. The number of phenols is 1. The van der Waals surface area contributed by atoms with Crippen LogP contribution in [0.2, 0.25) is 0 Å². The number of carbonyl (C=O) groups is 1. The van der Waals surface area contributed by atoms with Crippen LogP contribution in [-0.4, -0.2) is 31.5 Å². The van der Waals surface area contributed by atoms with Gasteiger partial charge in [-0.1, -0.05) is 63.6 Å². The Hall–Kier alpha value is -3.10. The van der Waals surface area contributed by atoms with E-state index in [2.05, 4.69) is 37.5 Å². The Morgan fingerprint density at radius 2 is 1.88 bits per heavy atom. The minimum absolute atomic E-state index is 0.120. The highest BCUT2D eigenvalue weighted by Crippen LogP contribution is 2.33. The molecule has 32 heavy (non-hydrogen) atoms. The summed E-state index contributed by atoms with van der Waals surface area (Å²) >= 11 is 4.70. The Bertz CT molecular complexity index is 1290. The summed E-state index contributed by atoms with van der Waals surface area (Å²) in [6.07, 6.45) is 0. The van der Waals surface area contributed by atoms with Crippen LogP contribution in [0.25, 0.3) is 17.1 Å². The Labute approximate surface area is 198 Å². The van der Waals surface area contributed by atoms with E-state index in [9.17, 15) is 9.90 Å². The van der Waals surface area contributed by atoms with Crippen molar-refractivity contribution < 1.29 is 9.90 Å². The molecular weight excluding hydrogens is 488 g/mol. The predicted octanol–water partition coefficient (Wildman–Crippen LogP) is 5.75. The lowest BCUT2D eigenvalue weighted by Crippen LogP contribution is -2.14. The summed E-state index contributed by atoms with van der Waals surface area (Å²) in [6.45, 7) is 4.06. The van der Waals surface area contributed by atoms with Crippen molar-refractivity contribution in [2.45, 2.75) is 19.0 Å². The van der Waals surface area contributed by atoms with Crippen LogP contribution in [0, 0.1) is 13.8 Å². The van der Waals surface area contributed by atoms with Gasteiger partial charge in [0, 0.05) is 10.2 Å². The van der Waals surface area contributed by atoms with E-state index in [4.69, 9.17) is 0 Å². The van der Waals surface area contributed by atoms with Gasteiger partial charge < -0.3 is 10.4 Å². The zero-order valence-electron chi connectivity index (χ0n) is 17.5. The molecule has 8 heteroatoms. The molecule has 0 radical (unpaired) electrons. The van der Waals surface area contributed by atoms with Gasteiger partial charge in [-0.05, 0) is 55.8 Å². The van der Waals surface area contributed by atoms with Crippen molar-refractivity contribution in [2.75, 3.05) is 11.1 Å². The first kappa shape index (κ1) is 22.1. The van der Waals surface area contributed by atoms with Crippen LogP contribution in [0.5, 0.6) is 5.75 Å². The molecule has 0 aliphatic heterocycles. The maximum atomic E-state index is 12.5. The fourth-order valence-electron chi connectivity index (χ4n) is 3.37. The first-order chi connectivity index (χ1) is 15.4. The number of thioether (sulfide) groups is 1. The number of aryl methyl sites for hydroxylation is 2. The fourth-order valence-corrected chi connectivity index (χ4v) is 4.51. The van der Waals surface area contributed by atoms with Crippen LogP contribution in [0.3, 0.4) is 0 Å². The number of carbonyl (C=O) groups excluding carboxylic acids is 1. The van der Waals surface area contributed by atoms with E-state index in [1.807, 2.05) is 60.9 Å². The zero-order chi connectivity index (χ0) is 22.7.